The number of carbonyl (C=O) groups excluding carboxylic acids is 1. The van der Waals surface area contributed by atoms with Crippen molar-refractivity contribution in [2.24, 2.45) is 0 Å². The molecule has 3 rings (SSSR count). The molecule has 156 valence electrons. The fourth-order valence-corrected chi connectivity index (χ4v) is 3.96. The van der Waals surface area contributed by atoms with Crippen LogP contribution in [0, 0.1) is 0 Å². The van der Waals surface area contributed by atoms with Gasteiger partial charge in [0, 0.05) is 35.3 Å². The number of anilines is 1. The number of hydrogen-bond acceptors (Lipinski definition) is 6. The summed E-state index contributed by atoms with van der Waals surface area (Å²) in [7, 11) is 7.16. The quantitative estimate of drug-likeness (QED) is 0.470. The van der Waals surface area contributed by atoms with Gasteiger partial charge in [-0.1, -0.05) is 27.3 Å². The van der Waals surface area contributed by atoms with Crippen molar-refractivity contribution in [1.82, 2.24) is 9.88 Å². The normalized spacial score (nSPS) is 10.7. The molecule has 0 bridgehead atoms. The van der Waals surface area contributed by atoms with Crippen molar-refractivity contribution >= 4 is 60.9 Å². The third-order valence-corrected chi connectivity index (χ3v) is 5.79. The molecular weight excluding hydrogens is 478 g/mol. The number of ether oxygens (including phenoxy) is 2. The Kier molecular flexibility index (Phi) is 8.27. The second-order valence-electron chi connectivity index (χ2n) is 6.44. The van der Waals surface area contributed by atoms with E-state index in [0.29, 0.717) is 28.7 Å². The van der Waals surface area contributed by atoms with Crippen LogP contribution in [0.2, 0.25) is 0 Å². The molecular formula is C20H23BrClN3O3S. The Balaban J connectivity index is 0.00000300. The van der Waals surface area contributed by atoms with E-state index in [1.54, 1.807) is 19.1 Å². The van der Waals surface area contributed by atoms with Gasteiger partial charge in [0.2, 0.25) is 0 Å². The maximum atomic E-state index is 13.2. The van der Waals surface area contributed by atoms with Gasteiger partial charge in [-0.2, -0.15) is 0 Å². The fourth-order valence-electron chi connectivity index (χ4n) is 2.69. The first kappa shape index (κ1) is 23.4. The highest BCUT2D eigenvalue weighted by molar-refractivity contribution is 9.10. The number of carbonyl (C=O) groups is 1. The molecule has 0 fully saturated rings. The lowest BCUT2D eigenvalue weighted by Gasteiger charge is -2.22. The summed E-state index contributed by atoms with van der Waals surface area (Å²) < 4.78 is 12.6. The van der Waals surface area contributed by atoms with Crippen molar-refractivity contribution in [3.63, 3.8) is 0 Å². The number of amides is 1. The first-order valence-electron chi connectivity index (χ1n) is 8.67. The maximum absolute atomic E-state index is 13.2. The van der Waals surface area contributed by atoms with Gasteiger partial charge in [-0.3, -0.25) is 9.69 Å². The summed E-state index contributed by atoms with van der Waals surface area (Å²) in [6, 6.07) is 11.1. The summed E-state index contributed by atoms with van der Waals surface area (Å²) in [5.74, 6) is 1.18. The van der Waals surface area contributed by atoms with E-state index in [-0.39, 0.29) is 18.3 Å². The molecule has 0 aliphatic heterocycles. The highest BCUT2D eigenvalue weighted by Crippen LogP contribution is 2.37. The third-order valence-electron chi connectivity index (χ3n) is 4.22. The number of aromatic nitrogens is 1. The van der Waals surface area contributed by atoms with Gasteiger partial charge in [-0.05, 0) is 38.4 Å². The Morgan fingerprint density at radius 1 is 1.07 bits per heavy atom. The molecule has 2 aromatic carbocycles. The maximum Gasteiger partial charge on any atom is 0.260 e. The van der Waals surface area contributed by atoms with Gasteiger partial charge in [-0.15, -0.1) is 12.4 Å². The number of nitrogens with zero attached hydrogens (tertiary/aromatic N) is 3. The summed E-state index contributed by atoms with van der Waals surface area (Å²) in [6.45, 7) is 1.26. The predicted molar refractivity (Wildman–Crippen MR) is 124 cm³/mol. The molecule has 0 spiro atoms. The number of benzene rings is 2. The van der Waals surface area contributed by atoms with Crippen LogP contribution >= 0.6 is 39.7 Å². The molecule has 0 aliphatic carbocycles. The summed E-state index contributed by atoms with van der Waals surface area (Å²) in [6.07, 6.45) is 0. The SMILES string of the molecule is COc1cc2nc(N(CCN(C)C)C(=O)c3ccc(Br)cc3)sc2cc1OC.Cl. The monoisotopic (exact) mass is 499 g/mol. The van der Waals surface area contributed by atoms with Gasteiger partial charge >= 0.3 is 0 Å². The van der Waals surface area contributed by atoms with Crippen LogP contribution in [0.15, 0.2) is 40.9 Å². The van der Waals surface area contributed by atoms with Crippen LogP contribution in [0.4, 0.5) is 5.13 Å². The van der Waals surface area contributed by atoms with Crippen molar-refractivity contribution < 1.29 is 14.3 Å². The zero-order valence-corrected chi connectivity index (χ0v) is 19.9. The van der Waals surface area contributed by atoms with Crippen molar-refractivity contribution in [3.8, 4) is 11.5 Å². The van der Waals surface area contributed by atoms with Gasteiger partial charge < -0.3 is 14.4 Å². The number of rotatable bonds is 7. The van der Waals surface area contributed by atoms with E-state index in [1.165, 1.54) is 11.3 Å². The molecule has 3 aromatic rings. The van der Waals surface area contributed by atoms with Crippen LogP contribution in [-0.4, -0.2) is 57.2 Å². The molecule has 0 aliphatic rings. The Hall–Kier alpha value is -1.87. The van der Waals surface area contributed by atoms with Crippen molar-refractivity contribution in [3.05, 3.63) is 46.4 Å². The predicted octanol–water partition coefficient (Wildman–Crippen LogP) is 4.71. The van der Waals surface area contributed by atoms with E-state index in [2.05, 4.69) is 15.9 Å². The molecule has 0 atom stereocenters. The van der Waals surface area contributed by atoms with E-state index in [0.717, 1.165) is 21.2 Å². The average molecular weight is 501 g/mol. The number of thiazole rings is 1. The fraction of sp³-hybridized carbons (Fsp3) is 0.300. The summed E-state index contributed by atoms with van der Waals surface area (Å²) >= 11 is 4.87. The van der Waals surface area contributed by atoms with Gasteiger partial charge in [0.1, 0.15) is 0 Å². The van der Waals surface area contributed by atoms with E-state index < -0.39 is 0 Å². The molecule has 0 unspecified atom stereocenters. The molecule has 1 heterocycles. The van der Waals surface area contributed by atoms with Crippen LogP contribution in [-0.2, 0) is 0 Å². The van der Waals surface area contributed by atoms with E-state index >= 15 is 0 Å². The largest absolute Gasteiger partial charge is 0.493 e. The zero-order valence-electron chi connectivity index (χ0n) is 16.6. The number of hydrogen-bond donors (Lipinski definition) is 0. The number of fused-ring (bicyclic) bond motifs is 1. The summed E-state index contributed by atoms with van der Waals surface area (Å²) in [4.78, 5) is 21.7. The molecule has 9 heteroatoms. The smallest absolute Gasteiger partial charge is 0.260 e. The van der Waals surface area contributed by atoms with Crippen LogP contribution in [0.3, 0.4) is 0 Å². The highest BCUT2D eigenvalue weighted by atomic mass is 79.9. The number of methoxy groups -OCH3 is 2. The van der Waals surface area contributed by atoms with Gasteiger partial charge in [0.05, 0.1) is 24.4 Å². The van der Waals surface area contributed by atoms with Gasteiger partial charge in [-0.25, -0.2) is 4.98 Å². The van der Waals surface area contributed by atoms with Gasteiger partial charge in [0.15, 0.2) is 16.6 Å². The van der Waals surface area contributed by atoms with Gasteiger partial charge in [0.25, 0.3) is 5.91 Å². The number of likely N-dealkylation sites (N-methyl/N-ethyl adjacent to an activating group) is 1. The topological polar surface area (TPSA) is 54.9 Å². The molecule has 0 N–H and O–H groups in total. The van der Waals surface area contributed by atoms with E-state index in [4.69, 9.17) is 14.5 Å². The van der Waals surface area contributed by atoms with E-state index in [1.807, 2.05) is 55.4 Å². The molecule has 1 amide bonds. The van der Waals surface area contributed by atoms with E-state index in [9.17, 15) is 4.79 Å². The lowest BCUT2D eigenvalue weighted by molar-refractivity contribution is 0.0985. The molecule has 0 saturated carbocycles. The Morgan fingerprint density at radius 2 is 1.69 bits per heavy atom. The lowest BCUT2D eigenvalue weighted by Crippen LogP contribution is -2.36. The van der Waals surface area contributed by atoms with Crippen molar-refractivity contribution in [2.75, 3.05) is 46.3 Å². The second kappa shape index (κ2) is 10.2. The summed E-state index contributed by atoms with van der Waals surface area (Å²) in [5, 5.41) is 0.653. The second-order valence-corrected chi connectivity index (χ2v) is 8.36. The van der Waals surface area contributed by atoms with Crippen LogP contribution in [0.5, 0.6) is 11.5 Å². The minimum atomic E-state index is -0.0765. The van der Waals surface area contributed by atoms with Crippen molar-refractivity contribution in [1.29, 1.82) is 0 Å². The minimum Gasteiger partial charge on any atom is -0.493 e. The number of halogens is 2. The minimum absolute atomic E-state index is 0. The summed E-state index contributed by atoms with van der Waals surface area (Å²) in [5.41, 5.74) is 1.40. The standard InChI is InChI=1S/C20H22BrN3O3S.ClH/c1-23(2)9-10-24(19(25)13-5-7-14(21)8-6-13)20-22-15-11-16(26-3)17(27-4)12-18(15)28-20;/h5-8,11-12H,9-10H2,1-4H3;1H. The Labute approximate surface area is 189 Å². The lowest BCUT2D eigenvalue weighted by atomic mass is 10.2. The third kappa shape index (κ3) is 5.39. The molecule has 0 radical (unpaired) electrons. The average Bonchev–Trinajstić information content (AvgIpc) is 3.09. The zero-order chi connectivity index (χ0) is 20.3. The Bertz CT molecular complexity index is 938. The molecule has 0 saturated heterocycles. The molecule has 6 nitrogen and oxygen atoms in total. The van der Waals surface area contributed by atoms with Crippen molar-refractivity contribution in [2.45, 2.75) is 0 Å². The van der Waals surface area contributed by atoms with Crippen LogP contribution < -0.4 is 14.4 Å². The van der Waals surface area contributed by atoms with Crippen LogP contribution in [0.25, 0.3) is 10.2 Å². The molecule has 1 aromatic heterocycles. The Morgan fingerprint density at radius 3 is 2.28 bits per heavy atom. The molecule has 29 heavy (non-hydrogen) atoms. The van der Waals surface area contributed by atoms with Crippen LogP contribution in [0.1, 0.15) is 10.4 Å². The highest BCUT2D eigenvalue weighted by Gasteiger charge is 2.22. The first-order valence-corrected chi connectivity index (χ1v) is 10.3. The first-order chi connectivity index (χ1) is 13.4.